The van der Waals surface area contributed by atoms with Crippen LogP contribution in [-0.4, -0.2) is 35.6 Å². The van der Waals surface area contributed by atoms with Gasteiger partial charge in [-0.15, -0.1) is 11.3 Å². The van der Waals surface area contributed by atoms with Gasteiger partial charge in [0.15, 0.2) is 0 Å². The van der Waals surface area contributed by atoms with Crippen molar-refractivity contribution in [2.75, 3.05) is 13.2 Å². The first-order chi connectivity index (χ1) is 17.2. The van der Waals surface area contributed by atoms with Crippen LogP contribution in [0.3, 0.4) is 0 Å². The molecule has 1 aromatic heterocycles. The zero-order valence-corrected chi connectivity index (χ0v) is 21.8. The number of esters is 1. The van der Waals surface area contributed by atoms with Gasteiger partial charge in [0.1, 0.15) is 23.0 Å². The molecular weight excluding hydrogens is 474 g/mol. The van der Waals surface area contributed by atoms with E-state index in [4.69, 9.17) is 20.2 Å². The molecule has 0 spiro atoms. The molecule has 3 aromatic rings. The van der Waals surface area contributed by atoms with Gasteiger partial charge < -0.3 is 20.5 Å². The lowest BCUT2D eigenvalue weighted by atomic mass is 9.80. The summed E-state index contributed by atoms with van der Waals surface area (Å²) in [5.41, 5.74) is 7.96. The maximum Gasteiger partial charge on any atom is 0.307 e. The molecule has 8 heteroatoms. The fraction of sp³-hybridized carbons (Fsp3) is 0.393. The molecule has 7 nitrogen and oxygen atoms in total. The van der Waals surface area contributed by atoms with E-state index in [0.717, 1.165) is 33.1 Å². The number of thiazole rings is 1. The van der Waals surface area contributed by atoms with Gasteiger partial charge in [-0.1, -0.05) is 36.4 Å². The lowest BCUT2D eigenvalue weighted by molar-refractivity contribution is -0.160. The van der Waals surface area contributed by atoms with E-state index in [1.54, 1.807) is 0 Å². The van der Waals surface area contributed by atoms with Gasteiger partial charge >= 0.3 is 5.97 Å². The van der Waals surface area contributed by atoms with E-state index >= 15 is 0 Å². The maximum atomic E-state index is 13.6. The Morgan fingerprint density at radius 1 is 1.08 bits per heavy atom. The fourth-order valence-corrected chi connectivity index (χ4v) is 5.28. The van der Waals surface area contributed by atoms with Gasteiger partial charge in [-0.05, 0) is 56.9 Å². The first-order valence-corrected chi connectivity index (χ1v) is 13.0. The number of carbonyl (C=O) groups is 2. The highest BCUT2D eigenvalue weighted by Gasteiger charge is 2.46. The van der Waals surface area contributed by atoms with Gasteiger partial charge in [-0.25, -0.2) is 4.98 Å². The first kappa shape index (κ1) is 25.9. The maximum absolute atomic E-state index is 13.6. The molecular formula is C28H33N3O4S. The molecule has 0 atom stereocenters. The van der Waals surface area contributed by atoms with Crippen LogP contribution in [0.4, 0.5) is 0 Å². The summed E-state index contributed by atoms with van der Waals surface area (Å²) in [5, 5.41) is 5.78. The number of amides is 1. The minimum atomic E-state index is -0.880. The summed E-state index contributed by atoms with van der Waals surface area (Å²) in [6.45, 7) is 6.63. The van der Waals surface area contributed by atoms with Crippen molar-refractivity contribution >= 4 is 23.2 Å². The van der Waals surface area contributed by atoms with Crippen LogP contribution in [0.25, 0.3) is 11.3 Å². The summed E-state index contributed by atoms with van der Waals surface area (Å²) < 4.78 is 11.3. The highest BCUT2D eigenvalue weighted by Crippen LogP contribution is 2.41. The third kappa shape index (κ3) is 6.12. The van der Waals surface area contributed by atoms with Crippen molar-refractivity contribution in [3.63, 3.8) is 0 Å². The minimum absolute atomic E-state index is 0.0275. The average molecular weight is 508 g/mol. The van der Waals surface area contributed by atoms with Crippen molar-refractivity contribution < 1.29 is 19.1 Å². The van der Waals surface area contributed by atoms with Gasteiger partial charge in [0.25, 0.3) is 0 Å². The largest absolute Gasteiger partial charge is 0.492 e. The summed E-state index contributed by atoms with van der Waals surface area (Å²) in [5.74, 6) is 0.202. The quantitative estimate of drug-likeness (QED) is 0.419. The topological polar surface area (TPSA) is 104 Å². The molecule has 0 unspecified atom stereocenters. The van der Waals surface area contributed by atoms with Crippen molar-refractivity contribution in [3.05, 3.63) is 70.0 Å². The molecule has 2 aromatic carbocycles. The van der Waals surface area contributed by atoms with Gasteiger partial charge in [0.2, 0.25) is 5.91 Å². The molecule has 0 saturated heterocycles. The van der Waals surface area contributed by atoms with Gasteiger partial charge in [-0.3, -0.25) is 9.59 Å². The van der Waals surface area contributed by atoms with Gasteiger partial charge in [0, 0.05) is 17.5 Å². The standard InChI is InChI=1S/C28H33N3O4S/c1-27(2,3)35-25(32)16-28(14-19-8-4-5-9-20(19)15-28)26(33)30-17-24-31-22(18-36-24)21-10-6-7-11-23(21)34-13-12-29/h4-11,18H,12-17,29H2,1-3H3,(H,30,33). The van der Waals surface area contributed by atoms with Gasteiger partial charge in [0.05, 0.1) is 24.1 Å². The summed E-state index contributed by atoms with van der Waals surface area (Å²) in [6.07, 6.45) is 1.03. The van der Waals surface area contributed by atoms with Crippen LogP contribution < -0.4 is 15.8 Å². The molecule has 0 radical (unpaired) electrons. The van der Waals surface area contributed by atoms with E-state index in [1.807, 2.05) is 74.7 Å². The summed E-state index contributed by atoms with van der Waals surface area (Å²) in [7, 11) is 0. The van der Waals surface area contributed by atoms with Crippen molar-refractivity contribution in [2.45, 2.75) is 52.2 Å². The van der Waals surface area contributed by atoms with Crippen LogP contribution in [-0.2, 0) is 33.7 Å². The fourth-order valence-electron chi connectivity index (χ4n) is 4.55. The van der Waals surface area contributed by atoms with Crippen LogP contribution in [0.5, 0.6) is 5.75 Å². The van der Waals surface area contributed by atoms with Crippen LogP contribution in [0.1, 0.15) is 43.3 Å². The second-order valence-corrected chi connectivity index (χ2v) is 11.1. The molecule has 0 bridgehead atoms. The van der Waals surface area contributed by atoms with Crippen LogP contribution in [0.15, 0.2) is 53.9 Å². The van der Waals surface area contributed by atoms with E-state index < -0.39 is 11.0 Å². The molecule has 1 aliphatic carbocycles. The smallest absolute Gasteiger partial charge is 0.307 e. The lowest BCUT2D eigenvalue weighted by Crippen LogP contribution is -2.44. The zero-order valence-electron chi connectivity index (χ0n) is 21.0. The molecule has 1 amide bonds. The Labute approximate surface area is 216 Å². The molecule has 1 aliphatic rings. The summed E-state index contributed by atoms with van der Waals surface area (Å²) in [4.78, 5) is 31.1. The summed E-state index contributed by atoms with van der Waals surface area (Å²) >= 11 is 1.47. The second-order valence-electron chi connectivity index (χ2n) is 10.1. The molecule has 0 aliphatic heterocycles. The Morgan fingerprint density at radius 3 is 2.42 bits per heavy atom. The molecule has 3 N–H and O–H groups in total. The highest BCUT2D eigenvalue weighted by atomic mass is 32.1. The average Bonchev–Trinajstić information content (AvgIpc) is 3.45. The number of nitrogens with one attached hydrogen (secondary N) is 1. The predicted molar refractivity (Wildman–Crippen MR) is 141 cm³/mol. The predicted octanol–water partition coefficient (Wildman–Crippen LogP) is 4.28. The third-order valence-electron chi connectivity index (χ3n) is 6.05. The van der Waals surface area contributed by atoms with E-state index in [0.29, 0.717) is 26.0 Å². The molecule has 4 rings (SSSR count). The number of nitrogens with zero attached hydrogens (tertiary/aromatic N) is 1. The number of aromatic nitrogens is 1. The highest BCUT2D eigenvalue weighted by molar-refractivity contribution is 7.09. The Morgan fingerprint density at radius 2 is 1.75 bits per heavy atom. The van der Waals surface area contributed by atoms with E-state index in [-0.39, 0.29) is 24.8 Å². The Kier molecular flexibility index (Phi) is 7.76. The van der Waals surface area contributed by atoms with Crippen molar-refractivity contribution in [1.82, 2.24) is 10.3 Å². The molecule has 0 fully saturated rings. The number of benzene rings is 2. The second kappa shape index (κ2) is 10.8. The normalized spacial score (nSPS) is 14.2. The van der Waals surface area contributed by atoms with Gasteiger partial charge in [-0.2, -0.15) is 0 Å². The van der Waals surface area contributed by atoms with Crippen LogP contribution in [0.2, 0.25) is 0 Å². The monoisotopic (exact) mass is 507 g/mol. The zero-order chi connectivity index (χ0) is 25.8. The number of ether oxygens (including phenoxy) is 2. The number of nitrogens with two attached hydrogens (primary N) is 1. The van der Waals surface area contributed by atoms with Crippen LogP contribution >= 0.6 is 11.3 Å². The molecule has 0 saturated carbocycles. The first-order valence-electron chi connectivity index (χ1n) is 12.1. The third-order valence-corrected chi connectivity index (χ3v) is 6.90. The molecule has 190 valence electrons. The Balaban J connectivity index is 1.48. The van der Waals surface area contributed by atoms with Crippen molar-refractivity contribution in [2.24, 2.45) is 11.1 Å². The lowest BCUT2D eigenvalue weighted by Gasteiger charge is -2.29. The van der Waals surface area contributed by atoms with E-state index in [9.17, 15) is 9.59 Å². The van der Waals surface area contributed by atoms with E-state index in [2.05, 4.69) is 5.32 Å². The Bertz CT molecular complexity index is 1210. The minimum Gasteiger partial charge on any atom is -0.492 e. The number of hydrogen-bond acceptors (Lipinski definition) is 7. The van der Waals surface area contributed by atoms with Crippen molar-refractivity contribution in [1.29, 1.82) is 0 Å². The number of para-hydroxylation sites is 1. The molecule has 36 heavy (non-hydrogen) atoms. The number of fused-ring (bicyclic) bond motifs is 1. The van der Waals surface area contributed by atoms with Crippen molar-refractivity contribution in [3.8, 4) is 17.0 Å². The summed E-state index contributed by atoms with van der Waals surface area (Å²) in [6, 6.07) is 15.7. The van der Waals surface area contributed by atoms with E-state index in [1.165, 1.54) is 11.3 Å². The Hall–Kier alpha value is -3.23. The number of carbonyl (C=O) groups excluding carboxylic acids is 2. The number of rotatable bonds is 9. The number of hydrogen-bond donors (Lipinski definition) is 2. The molecule has 1 heterocycles. The van der Waals surface area contributed by atoms with Crippen LogP contribution in [0, 0.1) is 5.41 Å². The SMILES string of the molecule is CC(C)(C)OC(=O)CC1(C(=O)NCc2nc(-c3ccccc3OCCN)cs2)Cc2ccccc2C1.